The first-order chi connectivity index (χ1) is 7.66. The Bertz CT molecular complexity index is 367. The Morgan fingerprint density at radius 2 is 2.25 bits per heavy atom. The molecule has 1 fully saturated rings. The molecule has 0 aromatic heterocycles. The topological polar surface area (TPSA) is 21.3 Å². The van der Waals surface area contributed by atoms with Gasteiger partial charge in [-0.25, -0.2) is 4.39 Å². The third-order valence-electron chi connectivity index (χ3n) is 3.11. The molecule has 0 radical (unpaired) electrons. The van der Waals surface area contributed by atoms with Crippen molar-refractivity contribution < 1.29 is 9.13 Å². The van der Waals surface area contributed by atoms with Crippen LogP contribution in [0.1, 0.15) is 25.3 Å². The van der Waals surface area contributed by atoms with Crippen LogP contribution in [0, 0.1) is 12.7 Å². The molecule has 16 heavy (non-hydrogen) atoms. The molecule has 0 aliphatic carbocycles. The zero-order valence-corrected chi connectivity index (χ0v) is 9.79. The number of halogens is 1. The molecule has 2 unspecified atom stereocenters. The lowest BCUT2D eigenvalue weighted by atomic mass is 10.1. The zero-order valence-electron chi connectivity index (χ0n) is 9.79. The number of hydrogen-bond donors (Lipinski definition) is 1. The van der Waals surface area contributed by atoms with E-state index in [0.717, 1.165) is 25.1 Å². The van der Waals surface area contributed by atoms with Gasteiger partial charge in [0.2, 0.25) is 0 Å². The number of anilines is 1. The van der Waals surface area contributed by atoms with E-state index in [-0.39, 0.29) is 11.9 Å². The highest BCUT2D eigenvalue weighted by atomic mass is 19.1. The maximum absolute atomic E-state index is 13.3. The van der Waals surface area contributed by atoms with Crippen LogP contribution in [0.4, 0.5) is 10.1 Å². The first kappa shape index (κ1) is 11.4. The third-order valence-corrected chi connectivity index (χ3v) is 3.11. The summed E-state index contributed by atoms with van der Waals surface area (Å²) in [5.41, 5.74) is 1.54. The highest BCUT2D eigenvalue weighted by molar-refractivity contribution is 5.50. The van der Waals surface area contributed by atoms with Crippen LogP contribution < -0.4 is 5.32 Å². The molecular weight excluding hydrogens is 205 g/mol. The highest BCUT2D eigenvalue weighted by Gasteiger charge is 2.21. The Labute approximate surface area is 95.8 Å². The average Bonchev–Trinajstić information content (AvgIpc) is 2.67. The lowest BCUT2D eigenvalue weighted by molar-refractivity contribution is 0.0637. The summed E-state index contributed by atoms with van der Waals surface area (Å²) in [6, 6.07) is 5.11. The SMILES string of the molecule is Cc1c(F)cccc1NCC1CCC(C)O1. The normalized spacial score (nSPS) is 24.7. The Kier molecular flexibility index (Phi) is 3.44. The van der Waals surface area contributed by atoms with Gasteiger partial charge in [0.05, 0.1) is 12.2 Å². The van der Waals surface area contributed by atoms with Gasteiger partial charge in [-0.15, -0.1) is 0 Å². The fourth-order valence-electron chi connectivity index (χ4n) is 2.06. The molecule has 1 saturated heterocycles. The van der Waals surface area contributed by atoms with E-state index in [1.54, 1.807) is 13.0 Å². The molecule has 2 atom stereocenters. The number of rotatable bonds is 3. The monoisotopic (exact) mass is 223 g/mol. The molecule has 0 bridgehead atoms. The summed E-state index contributed by atoms with van der Waals surface area (Å²) in [6.07, 6.45) is 2.83. The van der Waals surface area contributed by atoms with Crippen LogP contribution in [-0.4, -0.2) is 18.8 Å². The number of hydrogen-bond acceptors (Lipinski definition) is 2. The van der Waals surface area contributed by atoms with Crippen molar-refractivity contribution in [2.75, 3.05) is 11.9 Å². The van der Waals surface area contributed by atoms with Crippen LogP contribution in [0.15, 0.2) is 18.2 Å². The van der Waals surface area contributed by atoms with Crippen LogP contribution in [0.2, 0.25) is 0 Å². The van der Waals surface area contributed by atoms with E-state index in [1.165, 1.54) is 6.07 Å². The highest BCUT2D eigenvalue weighted by Crippen LogP contribution is 2.21. The van der Waals surface area contributed by atoms with Gasteiger partial charge < -0.3 is 10.1 Å². The van der Waals surface area contributed by atoms with Gasteiger partial charge in [-0.2, -0.15) is 0 Å². The Morgan fingerprint density at radius 3 is 2.94 bits per heavy atom. The Balaban J connectivity index is 1.92. The maximum Gasteiger partial charge on any atom is 0.128 e. The van der Waals surface area contributed by atoms with Crippen LogP contribution in [-0.2, 0) is 4.74 Å². The van der Waals surface area contributed by atoms with Gasteiger partial charge in [0.1, 0.15) is 5.82 Å². The summed E-state index contributed by atoms with van der Waals surface area (Å²) >= 11 is 0. The summed E-state index contributed by atoms with van der Waals surface area (Å²) in [4.78, 5) is 0. The number of nitrogens with one attached hydrogen (secondary N) is 1. The Morgan fingerprint density at radius 1 is 1.44 bits per heavy atom. The molecule has 0 spiro atoms. The van der Waals surface area contributed by atoms with Gasteiger partial charge in [0.15, 0.2) is 0 Å². The fourth-order valence-corrected chi connectivity index (χ4v) is 2.06. The lowest BCUT2D eigenvalue weighted by Gasteiger charge is -2.14. The second-order valence-corrected chi connectivity index (χ2v) is 4.44. The molecule has 3 heteroatoms. The van der Waals surface area contributed by atoms with E-state index in [1.807, 2.05) is 6.07 Å². The van der Waals surface area contributed by atoms with Gasteiger partial charge in [0, 0.05) is 17.8 Å². The molecule has 1 aromatic carbocycles. The first-order valence-electron chi connectivity index (χ1n) is 5.81. The molecule has 1 aromatic rings. The van der Waals surface area contributed by atoms with E-state index in [2.05, 4.69) is 12.2 Å². The minimum absolute atomic E-state index is 0.161. The van der Waals surface area contributed by atoms with Gasteiger partial charge in [0.25, 0.3) is 0 Å². The van der Waals surface area contributed by atoms with Crippen molar-refractivity contribution in [2.24, 2.45) is 0 Å². The molecule has 88 valence electrons. The van der Waals surface area contributed by atoms with Gasteiger partial charge in [-0.1, -0.05) is 6.07 Å². The largest absolute Gasteiger partial charge is 0.382 e. The fraction of sp³-hybridized carbons (Fsp3) is 0.538. The minimum atomic E-state index is -0.161. The molecular formula is C13H18FNO. The second-order valence-electron chi connectivity index (χ2n) is 4.44. The lowest BCUT2D eigenvalue weighted by Crippen LogP contribution is -2.20. The molecule has 2 rings (SSSR count). The summed E-state index contributed by atoms with van der Waals surface area (Å²) in [6.45, 7) is 4.64. The summed E-state index contributed by atoms with van der Waals surface area (Å²) in [5.74, 6) is -0.161. The van der Waals surface area contributed by atoms with Crippen LogP contribution >= 0.6 is 0 Å². The quantitative estimate of drug-likeness (QED) is 0.850. The third kappa shape index (κ3) is 2.53. The standard InChI is InChI=1S/C13H18FNO/c1-9-6-7-11(16-9)8-15-13-5-3-4-12(14)10(13)2/h3-5,9,11,15H,6-8H2,1-2H3. The van der Waals surface area contributed by atoms with Crippen molar-refractivity contribution in [2.45, 2.75) is 38.9 Å². The Hall–Kier alpha value is -1.09. The van der Waals surface area contributed by atoms with Crippen LogP contribution in [0.5, 0.6) is 0 Å². The van der Waals surface area contributed by atoms with E-state index >= 15 is 0 Å². The smallest absolute Gasteiger partial charge is 0.128 e. The van der Waals surface area contributed by atoms with Crippen molar-refractivity contribution in [1.82, 2.24) is 0 Å². The van der Waals surface area contributed by atoms with Crippen molar-refractivity contribution in [1.29, 1.82) is 0 Å². The van der Waals surface area contributed by atoms with Crippen molar-refractivity contribution >= 4 is 5.69 Å². The predicted molar refractivity (Wildman–Crippen MR) is 63.2 cm³/mol. The van der Waals surface area contributed by atoms with E-state index < -0.39 is 0 Å². The minimum Gasteiger partial charge on any atom is -0.382 e. The van der Waals surface area contributed by atoms with Crippen molar-refractivity contribution in [3.63, 3.8) is 0 Å². The molecule has 1 aliphatic rings. The van der Waals surface area contributed by atoms with Crippen molar-refractivity contribution in [3.05, 3.63) is 29.6 Å². The molecule has 0 saturated carbocycles. The number of ether oxygens (including phenoxy) is 1. The molecule has 0 amide bonds. The van der Waals surface area contributed by atoms with E-state index in [9.17, 15) is 4.39 Å². The van der Waals surface area contributed by atoms with Crippen molar-refractivity contribution in [3.8, 4) is 0 Å². The van der Waals surface area contributed by atoms with Gasteiger partial charge in [-0.3, -0.25) is 0 Å². The van der Waals surface area contributed by atoms with Gasteiger partial charge in [-0.05, 0) is 38.8 Å². The predicted octanol–water partition coefficient (Wildman–Crippen LogP) is 3.11. The summed E-state index contributed by atoms with van der Waals surface area (Å²) in [7, 11) is 0. The molecule has 1 N–H and O–H groups in total. The van der Waals surface area contributed by atoms with E-state index in [4.69, 9.17) is 4.74 Å². The second kappa shape index (κ2) is 4.83. The van der Waals surface area contributed by atoms with Crippen LogP contribution in [0.3, 0.4) is 0 Å². The maximum atomic E-state index is 13.3. The summed E-state index contributed by atoms with van der Waals surface area (Å²) < 4.78 is 19.0. The molecule has 2 nitrogen and oxygen atoms in total. The molecule has 1 heterocycles. The molecule has 1 aliphatic heterocycles. The van der Waals surface area contributed by atoms with Gasteiger partial charge >= 0.3 is 0 Å². The summed E-state index contributed by atoms with van der Waals surface area (Å²) in [5, 5.41) is 3.25. The average molecular weight is 223 g/mol. The zero-order chi connectivity index (χ0) is 11.5. The first-order valence-corrected chi connectivity index (χ1v) is 5.81. The number of benzene rings is 1. The van der Waals surface area contributed by atoms with Crippen LogP contribution in [0.25, 0.3) is 0 Å². The van der Waals surface area contributed by atoms with E-state index in [0.29, 0.717) is 11.7 Å².